The van der Waals surface area contributed by atoms with Crippen LogP contribution in [0.3, 0.4) is 0 Å². The van der Waals surface area contributed by atoms with E-state index in [9.17, 15) is 14.7 Å². The van der Waals surface area contributed by atoms with Crippen LogP contribution < -0.4 is 15.4 Å². The van der Waals surface area contributed by atoms with E-state index in [0.29, 0.717) is 42.1 Å². The van der Waals surface area contributed by atoms with Crippen molar-refractivity contribution in [3.8, 4) is 5.75 Å². The van der Waals surface area contributed by atoms with Crippen LogP contribution in [0.4, 0.5) is 11.4 Å². The van der Waals surface area contributed by atoms with E-state index in [1.54, 1.807) is 43.5 Å². The number of methoxy groups -OCH3 is 1. The molecule has 2 amide bonds. The molecule has 3 N–H and O–H groups in total. The molecule has 0 unspecified atom stereocenters. The first kappa shape index (κ1) is 19.9. The Morgan fingerprint density at radius 3 is 2.43 bits per heavy atom. The molecule has 0 aliphatic carbocycles. The van der Waals surface area contributed by atoms with Crippen LogP contribution >= 0.6 is 0 Å². The Kier molecular flexibility index (Phi) is 6.62. The minimum Gasteiger partial charge on any atom is -0.495 e. The van der Waals surface area contributed by atoms with Crippen LogP contribution in [0.2, 0.25) is 0 Å². The summed E-state index contributed by atoms with van der Waals surface area (Å²) in [5.74, 6) is 0.224. The van der Waals surface area contributed by atoms with Crippen molar-refractivity contribution < 1.29 is 19.4 Å². The van der Waals surface area contributed by atoms with Gasteiger partial charge in [0.15, 0.2) is 0 Å². The zero-order valence-corrected chi connectivity index (χ0v) is 15.9. The predicted octanol–water partition coefficient (Wildman–Crippen LogP) is 2.34. The fourth-order valence-electron chi connectivity index (χ4n) is 3.13. The predicted molar refractivity (Wildman–Crippen MR) is 108 cm³/mol. The number of carbonyl (C=O) groups excluding carboxylic acids is 2. The van der Waals surface area contributed by atoms with Crippen LogP contribution in [0, 0.1) is 0 Å². The second-order valence-corrected chi connectivity index (χ2v) is 6.79. The number of carbonyl (C=O) groups is 2. The summed E-state index contributed by atoms with van der Waals surface area (Å²) in [7, 11) is 1.55. The molecular weight excluding hydrogens is 358 g/mol. The van der Waals surface area contributed by atoms with Gasteiger partial charge in [-0.15, -0.1) is 0 Å². The number of rotatable bonds is 6. The third-order valence-corrected chi connectivity index (χ3v) is 4.71. The maximum absolute atomic E-state index is 12.4. The maximum atomic E-state index is 12.4. The third-order valence-electron chi connectivity index (χ3n) is 4.71. The van der Waals surface area contributed by atoms with E-state index in [-0.39, 0.29) is 17.9 Å². The number of anilines is 2. The van der Waals surface area contributed by atoms with E-state index in [1.807, 2.05) is 17.0 Å². The van der Waals surface area contributed by atoms with Crippen LogP contribution in [0.15, 0.2) is 48.5 Å². The van der Waals surface area contributed by atoms with E-state index < -0.39 is 0 Å². The van der Waals surface area contributed by atoms with E-state index >= 15 is 0 Å². The zero-order chi connectivity index (χ0) is 19.9. The summed E-state index contributed by atoms with van der Waals surface area (Å²) >= 11 is 0. The molecule has 0 saturated carbocycles. The van der Waals surface area contributed by atoms with E-state index in [1.165, 1.54) is 0 Å². The summed E-state index contributed by atoms with van der Waals surface area (Å²) in [5.41, 5.74) is 1.71. The number of ether oxygens (including phenoxy) is 1. The van der Waals surface area contributed by atoms with Gasteiger partial charge < -0.3 is 20.5 Å². The van der Waals surface area contributed by atoms with Crippen LogP contribution in [0.1, 0.15) is 23.2 Å². The molecule has 0 radical (unpaired) electrons. The van der Waals surface area contributed by atoms with Crippen molar-refractivity contribution in [2.24, 2.45) is 0 Å². The molecule has 1 heterocycles. The average Bonchev–Trinajstić information content (AvgIpc) is 2.70. The number of nitrogens with one attached hydrogen (secondary N) is 2. The Morgan fingerprint density at radius 1 is 1.07 bits per heavy atom. The topological polar surface area (TPSA) is 90.9 Å². The van der Waals surface area contributed by atoms with E-state index in [0.717, 1.165) is 13.1 Å². The molecule has 0 bridgehead atoms. The second kappa shape index (κ2) is 9.34. The Balaban J connectivity index is 1.54. The van der Waals surface area contributed by atoms with Crippen molar-refractivity contribution in [2.75, 3.05) is 37.4 Å². The number of piperidine rings is 1. The largest absolute Gasteiger partial charge is 0.495 e. The monoisotopic (exact) mass is 383 g/mol. The summed E-state index contributed by atoms with van der Waals surface area (Å²) in [5, 5.41) is 15.2. The Labute approximate surface area is 164 Å². The van der Waals surface area contributed by atoms with Crippen molar-refractivity contribution in [2.45, 2.75) is 18.9 Å². The summed E-state index contributed by atoms with van der Waals surface area (Å²) in [6, 6.07) is 13.9. The standard InChI is InChI=1S/C21H25N3O4/c1-28-19-5-3-2-4-18(19)23-21(27)15-6-8-16(9-7-15)22-20(26)14-24-12-10-17(25)11-13-24/h2-9,17,25H,10-14H2,1H3,(H,22,26)(H,23,27). The van der Waals surface area contributed by atoms with E-state index in [4.69, 9.17) is 4.74 Å². The molecule has 2 aromatic carbocycles. The lowest BCUT2D eigenvalue weighted by atomic mass is 10.1. The van der Waals surface area contributed by atoms with Crippen molar-refractivity contribution in [3.05, 3.63) is 54.1 Å². The molecule has 1 fully saturated rings. The maximum Gasteiger partial charge on any atom is 0.255 e. The highest BCUT2D eigenvalue weighted by atomic mass is 16.5. The summed E-state index contributed by atoms with van der Waals surface area (Å²) < 4.78 is 5.23. The molecule has 2 aromatic rings. The first-order valence-electron chi connectivity index (χ1n) is 9.30. The number of amides is 2. The van der Waals surface area contributed by atoms with Gasteiger partial charge in [-0.1, -0.05) is 12.1 Å². The van der Waals surface area contributed by atoms with Gasteiger partial charge in [-0.25, -0.2) is 0 Å². The molecule has 0 spiro atoms. The quantitative estimate of drug-likeness (QED) is 0.712. The summed E-state index contributed by atoms with van der Waals surface area (Å²) in [6.45, 7) is 1.73. The molecule has 28 heavy (non-hydrogen) atoms. The Morgan fingerprint density at radius 2 is 1.75 bits per heavy atom. The molecule has 148 valence electrons. The number of hydrogen-bond donors (Lipinski definition) is 3. The lowest BCUT2D eigenvalue weighted by Crippen LogP contribution is -2.40. The normalized spacial score (nSPS) is 15.1. The van der Waals surface area contributed by atoms with Crippen LogP contribution in [0.5, 0.6) is 5.75 Å². The number of nitrogens with zero attached hydrogens (tertiary/aromatic N) is 1. The van der Waals surface area contributed by atoms with Crippen LogP contribution in [-0.2, 0) is 4.79 Å². The van der Waals surface area contributed by atoms with Gasteiger partial charge in [0.05, 0.1) is 25.4 Å². The number of likely N-dealkylation sites (tertiary alicyclic amines) is 1. The highest BCUT2D eigenvalue weighted by Crippen LogP contribution is 2.24. The molecule has 7 heteroatoms. The average molecular weight is 383 g/mol. The smallest absolute Gasteiger partial charge is 0.255 e. The first-order chi connectivity index (χ1) is 13.5. The lowest BCUT2D eigenvalue weighted by Gasteiger charge is -2.28. The summed E-state index contributed by atoms with van der Waals surface area (Å²) in [4.78, 5) is 26.6. The number of para-hydroxylation sites is 2. The van der Waals surface area contributed by atoms with Gasteiger partial charge >= 0.3 is 0 Å². The molecule has 7 nitrogen and oxygen atoms in total. The minimum atomic E-state index is -0.256. The van der Waals surface area contributed by atoms with Crippen molar-refractivity contribution in [1.29, 1.82) is 0 Å². The van der Waals surface area contributed by atoms with Crippen molar-refractivity contribution in [3.63, 3.8) is 0 Å². The van der Waals surface area contributed by atoms with Gasteiger partial charge in [0.25, 0.3) is 5.91 Å². The lowest BCUT2D eigenvalue weighted by molar-refractivity contribution is -0.117. The number of aliphatic hydroxyl groups excluding tert-OH is 1. The minimum absolute atomic E-state index is 0.109. The number of aliphatic hydroxyl groups is 1. The number of hydrogen-bond acceptors (Lipinski definition) is 5. The molecule has 3 rings (SSSR count). The van der Waals surface area contributed by atoms with Crippen LogP contribution in [0.25, 0.3) is 0 Å². The molecule has 1 aliphatic heterocycles. The van der Waals surface area contributed by atoms with Gasteiger partial charge in [-0.3, -0.25) is 14.5 Å². The second-order valence-electron chi connectivity index (χ2n) is 6.79. The molecule has 0 atom stereocenters. The van der Waals surface area contributed by atoms with Gasteiger partial charge in [-0.05, 0) is 49.2 Å². The fraction of sp³-hybridized carbons (Fsp3) is 0.333. The highest BCUT2D eigenvalue weighted by Gasteiger charge is 2.19. The Hall–Kier alpha value is -2.90. The summed E-state index contributed by atoms with van der Waals surface area (Å²) in [6.07, 6.45) is 1.14. The number of benzene rings is 2. The Bertz CT molecular complexity index is 815. The van der Waals surface area contributed by atoms with Gasteiger partial charge in [0.2, 0.25) is 5.91 Å². The SMILES string of the molecule is COc1ccccc1NC(=O)c1ccc(NC(=O)CN2CCC(O)CC2)cc1. The van der Waals surface area contributed by atoms with Crippen molar-refractivity contribution >= 4 is 23.2 Å². The first-order valence-corrected chi connectivity index (χ1v) is 9.30. The molecule has 1 saturated heterocycles. The highest BCUT2D eigenvalue weighted by molar-refractivity contribution is 6.05. The molecule has 1 aliphatic rings. The van der Waals surface area contributed by atoms with Gasteiger partial charge in [0, 0.05) is 24.3 Å². The molecular formula is C21H25N3O4. The zero-order valence-electron chi connectivity index (χ0n) is 15.9. The molecule has 0 aromatic heterocycles. The third kappa shape index (κ3) is 5.31. The van der Waals surface area contributed by atoms with E-state index in [2.05, 4.69) is 10.6 Å². The van der Waals surface area contributed by atoms with Crippen molar-refractivity contribution in [1.82, 2.24) is 4.90 Å². The van der Waals surface area contributed by atoms with Crippen LogP contribution in [-0.4, -0.2) is 54.7 Å². The fourth-order valence-corrected chi connectivity index (χ4v) is 3.13. The van der Waals surface area contributed by atoms with Gasteiger partial charge in [-0.2, -0.15) is 0 Å². The van der Waals surface area contributed by atoms with Gasteiger partial charge in [0.1, 0.15) is 5.75 Å².